The van der Waals surface area contributed by atoms with E-state index in [1.54, 1.807) is 6.07 Å². The number of rotatable bonds is 4. The lowest BCUT2D eigenvalue weighted by Gasteiger charge is -2.35. The van der Waals surface area contributed by atoms with Gasteiger partial charge in [-0.2, -0.15) is 4.31 Å². The zero-order valence-corrected chi connectivity index (χ0v) is 14.6. The highest BCUT2D eigenvalue weighted by atomic mass is 35.5. The SMILES string of the molecule is O=S(=O)(Cc1cccc(F)c1)N1CCN(c2cccc(Cl)c2)CC1. The number of anilines is 1. The highest BCUT2D eigenvalue weighted by Gasteiger charge is 2.27. The fourth-order valence-corrected chi connectivity index (χ4v) is 4.51. The first-order valence-corrected chi connectivity index (χ1v) is 9.65. The molecule has 4 nitrogen and oxygen atoms in total. The van der Waals surface area contributed by atoms with E-state index >= 15 is 0 Å². The van der Waals surface area contributed by atoms with Crippen molar-refractivity contribution in [3.8, 4) is 0 Å². The molecule has 1 heterocycles. The Balaban J connectivity index is 1.65. The highest BCUT2D eigenvalue weighted by molar-refractivity contribution is 7.88. The van der Waals surface area contributed by atoms with E-state index < -0.39 is 15.8 Å². The number of hydrogen-bond acceptors (Lipinski definition) is 3. The molecule has 1 aliphatic heterocycles. The molecule has 1 fully saturated rings. The molecule has 2 aromatic carbocycles. The van der Waals surface area contributed by atoms with Crippen molar-refractivity contribution >= 4 is 27.3 Å². The summed E-state index contributed by atoms with van der Waals surface area (Å²) in [7, 11) is -3.45. The maximum absolute atomic E-state index is 13.2. The second-order valence-corrected chi connectivity index (χ2v) is 8.16. The van der Waals surface area contributed by atoms with E-state index in [0.29, 0.717) is 36.8 Å². The zero-order valence-electron chi connectivity index (χ0n) is 13.0. The molecular formula is C17H18ClFN2O2S. The lowest BCUT2D eigenvalue weighted by Crippen LogP contribution is -2.49. The average molecular weight is 369 g/mol. The van der Waals surface area contributed by atoms with E-state index in [1.165, 1.54) is 22.5 Å². The summed E-state index contributed by atoms with van der Waals surface area (Å²) in [5, 5.41) is 0.661. The van der Waals surface area contributed by atoms with E-state index in [1.807, 2.05) is 24.3 Å². The standard InChI is InChI=1S/C17H18ClFN2O2S/c18-15-4-2-6-17(12-15)20-7-9-21(10-8-20)24(22,23)13-14-3-1-5-16(19)11-14/h1-6,11-12H,7-10,13H2. The predicted molar refractivity (Wildman–Crippen MR) is 94.3 cm³/mol. The second-order valence-electron chi connectivity index (χ2n) is 5.75. The smallest absolute Gasteiger partial charge is 0.218 e. The highest BCUT2D eigenvalue weighted by Crippen LogP contribution is 2.22. The van der Waals surface area contributed by atoms with Crippen molar-refractivity contribution in [2.45, 2.75) is 5.75 Å². The molecular weight excluding hydrogens is 351 g/mol. The van der Waals surface area contributed by atoms with Crippen molar-refractivity contribution in [2.24, 2.45) is 0 Å². The number of halogens is 2. The average Bonchev–Trinajstić information content (AvgIpc) is 2.54. The third-order valence-electron chi connectivity index (χ3n) is 4.04. The molecule has 1 saturated heterocycles. The van der Waals surface area contributed by atoms with Gasteiger partial charge in [0.25, 0.3) is 0 Å². The van der Waals surface area contributed by atoms with Crippen molar-refractivity contribution < 1.29 is 12.8 Å². The van der Waals surface area contributed by atoms with Gasteiger partial charge in [0.1, 0.15) is 5.82 Å². The van der Waals surface area contributed by atoms with Crippen LogP contribution in [0.3, 0.4) is 0 Å². The van der Waals surface area contributed by atoms with Gasteiger partial charge in [0.15, 0.2) is 0 Å². The normalized spacial score (nSPS) is 16.3. The zero-order chi connectivity index (χ0) is 17.2. The summed E-state index contributed by atoms with van der Waals surface area (Å²) in [5.74, 6) is -0.601. The van der Waals surface area contributed by atoms with Crippen LogP contribution in [-0.2, 0) is 15.8 Å². The van der Waals surface area contributed by atoms with Crippen LogP contribution in [0.2, 0.25) is 5.02 Å². The van der Waals surface area contributed by atoms with Crippen molar-refractivity contribution in [2.75, 3.05) is 31.1 Å². The lowest BCUT2D eigenvalue weighted by molar-refractivity contribution is 0.384. The number of piperazine rings is 1. The van der Waals surface area contributed by atoms with Crippen molar-refractivity contribution in [1.82, 2.24) is 4.31 Å². The number of benzene rings is 2. The Labute approximate surface area is 146 Å². The first-order chi connectivity index (χ1) is 11.4. The number of hydrogen-bond donors (Lipinski definition) is 0. The number of nitrogens with zero attached hydrogens (tertiary/aromatic N) is 2. The van der Waals surface area contributed by atoms with Gasteiger partial charge in [-0.25, -0.2) is 12.8 Å². The van der Waals surface area contributed by atoms with Crippen LogP contribution in [0.4, 0.5) is 10.1 Å². The van der Waals surface area contributed by atoms with Crippen molar-refractivity contribution in [3.05, 3.63) is 64.9 Å². The van der Waals surface area contributed by atoms with E-state index in [0.717, 1.165) is 5.69 Å². The van der Waals surface area contributed by atoms with Gasteiger partial charge in [-0.3, -0.25) is 0 Å². The van der Waals surface area contributed by atoms with Crippen LogP contribution in [0.5, 0.6) is 0 Å². The predicted octanol–water partition coefficient (Wildman–Crippen LogP) is 3.13. The summed E-state index contributed by atoms with van der Waals surface area (Å²) >= 11 is 6.00. The molecule has 0 amide bonds. The third-order valence-corrected chi connectivity index (χ3v) is 6.13. The molecule has 0 atom stereocenters. The van der Waals surface area contributed by atoms with Crippen LogP contribution in [0.1, 0.15) is 5.56 Å². The monoisotopic (exact) mass is 368 g/mol. The Hall–Kier alpha value is -1.63. The van der Waals surface area contributed by atoms with Crippen molar-refractivity contribution in [1.29, 1.82) is 0 Å². The van der Waals surface area contributed by atoms with Gasteiger partial charge in [0, 0.05) is 36.9 Å². The molecule has 0 unspecified atom stereocenters. The maximum Gasteiger partial charge on any atom is 0.218 e. The van der Waals surface area contributed by atoms with Crippen LogP contribution in [0.15, 0.2) is 48.5 Å². The molecule has 0 aliphatic carbocycles. The van der Waals surface area contributed by atoms with E-state index in [-0.39, 0.29) is 5.75 Å². The molecule has 1 aliphatic rings. The first kappa shape index (κ1) is 17.2. The Morgan fingerprint density at radius 1 is 1.00 bits per heavy atom. The first-order valence-electron chi connectivity index (χ1n) is 7.67. The van der Waals surface area contributed by atoms with Crippen LogP contribution in [-0.4, -0.2) is 38.9 Å². The molecule has 24 heavy (non-hydrogen) atoms. The number of sulfonamides is 1. The van der Waals surface area contributed by atoms with Gasteiger partial charge < -0.3 is 4.90 Å². The minimum atomic E-state index is -3.45. The van der Waals surface area contributed by atoms with Gasteiger partial charge >= 0.3 is 0 Å². The summed E-state index contributed by atoms with van der Waals surface area (Å²) in [5.41, 5.74) is 1.46. The summed E-state index contributed by atoms with van der Waals surface area (Å²) in [6.45, 7) is 2.01. The summed E-state index contributed by atoms with van der Waals surface area (Å²) in [6.07, 6.45) is 0. The summed E-state index contributed by atoms with van der Waals surface area (Å²) < 4.78 is 39.8. The quantitative estimate of drug-likeness (QED) is 0.832. The molecule has 3 rings (SSSR count). The largest absolute Gasteiger partial charge is 0.369 e. The van der Waals surface area contributed by atoms with Crippen LogP contribution in [0, 0.1) is 5.82 Å². The summed E-state index contributed by atoms with van der Waals surface area (Å²) in [4.78, 5) is 2.11. The van der Waals surface area contributed by atoms with Gasteiger partial charge in [0.05, 0.1) is 5.75 Å². The molecule has 0 saturated carbocycles. The van der Waals surface area contributed by atoms with Gasteiger partial charge in [-0.1, -0.05) is 29.8 Å². The fourth-order valence-electron chi connectivity index (χ4n) is 2.83. The molecule has 0 spiro atoms. The lowest BCUT2D eigenvalue weighted by atomic mass is 10.2. The second kappa shape index (κ2) is 7.09. The third kappa shape index (κ3) is 4.06. The van der Waals surface area contributed by atoms with E-state index in [2.05, 4.69) is 4.90 Å². The van der Waals surface area contributed by atoms with E-state index in [4.69, 9.17) is 11.6 Å². The van der Waals surface area contributed by atoms with Crippen LogP contribution in [0.25, 0.3) is 0 Å². The van der Waals surface area contributed by atoms with Gasteiger partial charge in [0.2, 0.25) is 10.0 Å². The Kier molecular flexibility index (Phi) is 5.08. The topological polar surface area (TPSA) is 40.6 Å². The minimum absolute atomic E-state index is 0.179. The maximum atomic E-state index is 13.2. The van der Waals surface area contributed by atoms with Crippen LogP contribution < -0.4 is 4.90 Å². The van der Waals surface area contributed by atoms with E-state index in [9.17, 15) is 12.8 Å². The Morgan fingerprint density at radius 2 is 1.71 bits per heavy atom. The molecule has 0 N–H and O–H groups in total. The summed E-state index contributed by atoms with van der Waals surface area (Å²) in [6, 6.07) is 13.2. The molecule has 7 heteroatoms. The molecule has 2 aromatic rings. The Bertz CT molecular complexity index is 821. The molecule has 128 valence electrons. The molecule has 0 bridgehead atoms. The Morgan fingerprint density at radius 3 is 2.38 bits per heavy atom. The van der Waals surface area contributed by atoms with Gasteiger partial charge in [-0.05, 0) is 35.9 Å². The van der Waals surface area contributed by atoms with Crippen molar-refractivity contribution in [3.63, 3.8) is 0 Å². The van der Waals surface area contributed by atoms with Crippen LogP contribution >= 0.6 is 11.6 Å². The fraction of sp³-hybridized carbons (Fsp3) is 0.294. The molecule has 0 aromatic heterocycles. The molecule has 0 radical (unpaired) electrons. The minimum Gasteiger partial charge on any atom is -0.369 e. The van der Waals surface area contributed by atoms with Gasteiger partial charge in [-0.15, -0.1) is 0 Å².